The smallest absolute Gasteiger partial charge is 0.290 e. The van der Waals surface area contributed by atoms with Gasteiger partial charge in [-0.05, 0) is 0 Å². The second-order valence-electron chi connectivity index (χ2n) is 2.68. The molecule has 0 radical (unpaired) electrons. The van der Waals surface area contributed by atoms with E-state index in [4.69, 9.17) is 4.74 Å². The fourth-order valence-electron chi connectivity index (χ4n) is 0.717. The molecule has 0 atom stereocenters. The third-order valence-corrected chi connectivity index (χ3v) is 1.82. The molecule has 17 heavy (non-hydrogen) atoms. The second kappa shape index (κ2) is 6.68. The van der Waals surface area contributed by atoms with E-state index >= 15 is 0 Å². The Morgan fingerprint density at radius 1 is 1.24 bits per heavy atom. The first-order chi connectivity index (χ1) is 7.82. The Morgan fingerprint density at radius 2 is 1.82 bits per heavy atom. The van der Waals surface area contributed by atoms with Crippen molar-refractivity contribution in [2.75, 3.05) is 27.5 Å². The highest BCUT2D eigenvalue weighted by atomic mass is 32.2. The summed E-state index contributed by atoms with van der Waals surface area (Å²) < 4.78 is 29.1. The number of hydrogen-bond acceptors (Lipinski definition) is 6. The Labute approximate surface area is 99.4 Å². The zero-order chi connectivity index (χ0) is 13.5. The molecule has 0 rings (SSSR count). The molecule has 0 saturated carbocycles. The van der Waals surface area contributed by atoms with Crippen LogP contribution in [-0.2, 0) is 14.8 Å². The summed E-state index contributed by atoms with van der Waals surface area (Å²) in [5, 5.41) is 15.8. The number of hydrogen-bond donors (Lipinski definition) is 2. The van der Waals surface area contributed by atoms with Gasteiger partial charge < -0.3 is 15.2 Å². The van der Waals surface area contributed by atoms with E-state index in [1.807, 2.05) is 0 Å². The molecule has 0 amide bonds. The highest BCUT2D eigenvalue weighted by Crippen LogP contribution is 1.82. The summed E-state index contributed by atoms with van der Waals surface area (Å²) in [7, 11) is 0.459. The van der Waals surface area contributed by atoms with Gasteiger partial charge in [-0.15, -0.1) is 0 Å². The topological polar surface area (TPSA) is 128 Å². The van der Waals surface area contributed by atoms with Gasteiger partial charge in [0.2, 0.25) is 5.96 Å². The Bertz CT molecular complexity index is 439. The molecular formula is C7H14N5O4S-. The molecule has 0 spiro atoms. The van der Waals surface area contributed by atoms with E-state index in [2.05, 4.69) is 25.0 Å². The fraction of sp³-hybridized carbons (Fsp3) is 0.571. The first-order valence-corrected chi connectivity index (χ1v) is 6.15. The molecule has 2 N–H and O–H groups in total. The lowest BCUT2D eigenvalue weighted by atomic mass is 10.8. The highest BCUT2D eigenvalue weighted by Gasteiger charge is 2.03. The van der Waals surface area contributed by atoms with E-state index in [-0.39, 0.29) is 12.0 Å². The molecule has 0 heterocycles. The van der Waals surface area contributed by atoms with E-state index in [0.717, 1.165) is 6.26 Å². The molecule has 0 aliphatic carbocycles. The first kappa shape index (κ1) is 15.2. The van der Waals surface area contributed by atoms with Crippen LogP contribution in [0.1, 0.15) is 0 Å². The molecule has 0 aromatic carbocycles. The second-order valence-corrected chi connectivity index (χ2v) is 4.33. The van der Waals surface area contributed by atoms with Crippen molar-refractivity contribution in [1.82, 2.24) is 10.6 Å². The van der Waals surface area contributed by atoms with Crippen molar-refractivity contribution in [2.24, 2.45) is 14.4 Å². The molecule has 98 valence electrons. The first-order valence-electron chi connectivity index (χ1n) is 4.31. The van der Waals surface area contributed by atoms with Crippen LogP contribution >= 0.6 is 0 Å². The van der Waals surface area contributed by atoms with Crippen LogP contribution in [0.2, 0.25) is 0 Å². The maximum absolute atomic E-state index is 11.1. The quantitative estimate of drug-likeness (QED) is 0.397. The summed E-state index contributed by atoms with van der Waals surface area (Å²) in [5.41, 5.74) is 0. The Morgan fingerprint density at radius 3 is 2.18 bits per heavy atom. The minimum Gasteiger partial charge on any atom is -0.845 e. The predicted octanol–water partition coefficient (Wildman–Crippen LogP) is -2.54. The van der Waals surface area contributed by atoms with E-state index in [1.165, 1.54) is 21.2 Å². The fourth-order valence-corrected chi connectivity index (χ4v) is 1.06. The van der Waals surface area contributed by atoms with Crippen LogP contribution in [0.4, 0.5) is 0 Å². The number of ether oxygens (including phenoxy) is 1. The number of nitrogens with one attached hydrogen (secondary N) is 2. The number of nitrogens with zero attached hydrogens (tertiary/aromatic N) is 3. The van der Waals surface area contributed by atoms with E-state index in [1.54, 1.807) is 0 Å². The van der Waals surface area contributed by atoms with Gasteiger partial charge in [-0.3, -0.25) is 10.3 Å². The Balaban J connectivity index is 4.70. The molecule has 0 bridgehead atoms. The van der Waals surface area contributed by atoms with Crippen LogP contribution in [-0.4, -0.2) is 53.9 Å². The van der Waals surface area contributed by atoms with Crippen molar-refractivity contribution in [3.63, 3.8) is 0 Å². The lowest BCUT2D eigenvalue weighted by molar-refractivity contribution is -0.219. The lowest BCUT2D eigenvalue weighted by Gasteiger charge is -2.15. The van der Waals surface area contributed by atoms with Gasteiger partial charge in [0.1, 0.15) is 0 Å². The zero-order valence-electron chi connectivity index (χ0n) is 9.88. The van der Waals surface area contributed by atoms with Gasteiger partial charge in [0.15, 0.2) is 0 Å². The van der Waals surface area contributed by atoms with Crippen molar-refractivity contribution in [3.05, 3.63) is 0 Å². The summed E-state index contributed by atoms with van der Waals surface area (Å²) in [6.07, 6.45) is 0.802. The number of aliphatic imine (C=N–C) groups is 2. The third kappa shape index (κ3) is 7.11. The number of sulfonamides is 1. The molecule has 0 saturated heterocycles. The van der Waals surface area contributed by atoms with E-state index < -0.39 is 16.0 Å². The maximum Gasteiger partial charge on any atom is 0.290 e. The van der Waals surface area contributed by atoms with Gasteiger partial charge in [-0.1, -0.05) is 0 Å². The van der Waals surface area contributed by atoms with Crippen LogP contribution in [0.15, 0.2) is 14.4 Å². The average molecular weight is 264 g/mol. The van der Waals surface area contributed by atoms with Gasteiger partial charge in [0.25, 0.3) is 16.0 Å². The summed E-state index contributed by atoms with van der Waals surface area (Å²) in [4.78, 5) is 7.33. The molecule has 9 nitrogen and oxygen atoms in total. The summed E-state index contributed by atoms with van der Waals surface area (Å²) >= 11 is 0. The van der Waals surface area contributed by atoms with Gasteiger partial charge in [-0.2, -0.15) is 4.40 Å². The van der Waals surface area contributed by atoms with E-state index in [0.29, 0.717) is 0 Å². The predicted molar refractivity (Wildman–Crippen MR) is 62.3 cm³/mol. The normalized spacial score (nSPS) is 14.5. The summed E-state index contributed by atoms with van der Waals surface area (Å²) in [5.74, 6) is -0.0372. The van der Waals surface area contributed by atoms with Gasteiger partial charge in [0, 0.05) is 14.1 Å². The van der Waals surface area contributed by atoms with Crippen molar-refractivity contribution in [2.45, 2.75) is 0 Å². The summed E-state index contributed by atoms with van der Waals surface area (Å²) in [6.45, 7) is 0. The standard InChI is InChI=1S/C7H15N5O4S/c1-8-5(11-7(9-2)16-3)10-6(13)12-17(4,14)15/h1-4H3,(H3,8,9,10,11,12,13)/p-1. The lowest BCUT2D eigenvalue weighted by Crippen LogP contribution is -2.48. The van der Waals surface area contributed by atoms with Crippen LogP contribution in [0.5, 0.6) is 0 Å². The molecule has 10 heteroatoms. The number of methoxy groups -OCH3 is 1. The van der Waals surface area contributed by atoms with Crippen LogP contribution in [0, 0.1) is 0 Å². The van der Waals surface area contributed by atoms with Crippen molar-refractivity contribution < 1.29 is 18.3 Å². The molecule has 0 unspecified atom stereocenters. The molecule has 0 aromatic heterocycles. The largest absolute Gasteiger partial charge is 0.845 e. The summed E-state index contributed by atoms with van der Waals surface area (Å²) in [6, 6.07) is -0.961. The zero-order valence-corrected chi connectivity index (χ0v) is 10.7. The van der Waals surface area contributed by atoms with Crippen LogP contribution in [0.3, 0.4) is 0 Å². The molecule has 0 fully saturated rings. The average Bonchev–Trinajstić information content (AvgIpc) is 2.21. The van der Waals surface area contributed by atoms with Gasteiger partial charge in [0.05, 0.1) is 19.4 Å². The monoisotopic (exact) mass is 264 g/mol. The van der Waals surface area contributed by atoms with Crippen molar-refractivity contribution in [3.8, 4) is 0 Å². The Hall–Kier alpha value is -1.84. The number of guanidine groups is 1. The minimum atomic E-state index is -3.75. The van der Waals surface area contributed by atoms with Gasteiger partial charge in [-0.25, -0.2) is 13.4 Å². The van der Waals surface area contributed by atoms with Crippen molar-refractivity contribution in [1.29, 1.82) is 0 Å². The third-order valence-electron chi connectivity index (χ3n) is 1.32. The van der Waals surface area contributed by atoms with Gasteiger partial charge >= 0.3 is 0 Å². The molecule has 0 aliphatic heterocycles. The van der Waals surface area contributed by atoms with Crippen LogP contribution in [0.25, 0.3) is 0 Å². The highest BCUT2D eigenvalue weighted by molar-refractivity contribution is 7.89. The molecular weight excluding hydrogens is 250 g/mol. The number of amidine groups is 2. The van der Waals surface area contributed by atoms with E-state index in [9.17, 15) is 13.5 Å². The molecule has 0 aromatic rings. The Kier molecular flexibility index (Phi) is 5.96. The SMILES string of the molecule is CN=C(NC([O-])=NS(C)(=O)=O)NC(=NC)OC. The van der Waals surface area contributed by atoms with Crippen LogP contribution < -0.4 is 15.7 Å². The maximum atomic E-state index is 11.1. The minimum absolute atomic E-state index is 0.0372. The van der Waals surface area contributed by atoms with Crippen molar-refractivity contribution >= 4 is 28.0 Å². The number of rotatable bonds is 1. The molecule has 0 aliphatic rings.